The van der Waals surface area contributed by atoms with Gasteiger partial charge in [0.1, 0.15) is 0 Å². The maximum atomic E-state index is 13.0. The molecule has 1 aliphatic carbocycles. The summed E-state index contributed by atoms with van der Waals surface area (Å²) >= 11 is 6.45. The molecule has 0 bridgehead atoms. The third-order valence-electron chi connectivity index (χ3n) is 8.58. The van der Waals surface area contributed by atoms with E-state index in [1.807, 2.05) is 47.4 Å². The highest BCUT2D eigenvalue weighted by atomic mass is 35.5. The fraction of sp³-hybridized carbons (Fsp3) is 0.517. The number of carbonyl (C=O) groups excluding carboxylic acids is 2. The van der Waals surface area contributed by atoms with Crippen molar-refractivity contribution in [1.82, 2.24) is 14.7 Å². The number of halogens is 1. The Morgan fingerprint density at radius 2 is 1.69 bits per heavy atom. The molecule has 5 rings (SSSR count). The Kier molecular flexibility index (Phi) is 6.64. The zero-order valence-electron chi connectivity index (χ0n) is 21.4. The number of likely N-dealkylation sites (tertiary alicyclic amines) is 2. The molecular weight excluding hydrogens is 474 g/mol. The van der Waals surface area contributed by atoms with Gasteiger partial charge in [0.15, 0.2) is 5.60 Å². The topological polar surface area (TPSA) is 64.1 Å². The van der Waals surface area contributed by atoms with Gasteiger partial charge in [-0.2, -0.15) is 0 Å². The molecule has 1 atom stereocenters. The Bertz CT molecular complexity index is 1130. The van der Waals surface area contributed by atoms with Gasteiger partial charge < -0.3 is 19.8 Å². The SMILES string of the molecule is CN(C)C(=O)c1ccc(C2CCN(C3CC4(C3)CN(C(=O)[C@@](C)(O)c3ccccc3)C4)CC2)cc1Cl. The van der Waals surface area contributed by atoms with Gasteiger partial charge in [-0.15, -0.1) is 0 Å². The molecule has 7 heteroatoms. The lowest BCUT2D eigenvalue weighted by Gasteiger charge is -2.62. The Hall–Kier alpha value is -2.41. The van der Waals surface area contributed by atoms with Gasteiger partial charge in [0.2, 0.25) is 0 Å². The summed E-state index contributed by atoms with van der Waals surface area (Å²) in [7, 11) is 3.47. The van der Waals surface area contributed by atoms with Gasteiger partial charge >= 0.3 is 0 Å². The van der Waals surface area contributed by atoms with Gasteiger partial charge in [-0.05, 0) is 74.9 Å². The van der Waals surface area contributed by atoms with Gasteiger partial charge in [-0.3, -0.25) is 9.59 Å². The largest absolute Gasteiger partial charge is 0.376 e. The number of amides is 2. The second-order valence-corrected chi connectivity index (χ2v) is 11.8. The number of carbonyl (C=O) groups is 2. The lowest BCUT2D eigenvalue weighted by atomic mass is 9.59. The summed E-state index contributed by atoms with van der Waals surface area (Å²) < 4.78 is 0. The van der Waals surface area contributed by atoms with E-state index in [9.17, 15) is 14.7 Å². The first-order valence-electron chi connectivity index (χ1n) is 12.9. The highest BCUT2D eigenvalue weighted by Gasteiger charge is 2.56. The van der Waals surface area contributed by atoms with E-state index >= 15 is 0 Å². The van der Waals surface area contributed by atoms with Crippen molar-refractivity contribution in [3.05, 3.63) is 70.2 Å². The molecule has 2 aromatic rings. The van der Waals surface area contributed by atoms with Crippen molar-refractivity contribution >= 4 is 23.4 Å². The normalized spacial score (nSPS) is 22.0. The van der Waals surface area contributed by atoms with Crippen LogP contribution in [0.3, 0.4) is 0 Å². The number of piperidine rings is 1. The maximum Gasteiger partial charge on any atom is 0.258 e. The number of nitrogens with zero attached hydrogens (tertiary/aromatic N) is 3. The molecule has 1 spiro atoms. The van der Waals surface area contributed by atoms with E-state index in [2.05, 4.69) is 11.0 Å². The van der Waals surface area contributed by atoms with Crippen LogP contribution in [0.5, 0.6) is 0 Å². The van der Waals surface area contributed by atoms with Crippen LogP contribution in [-0.2, 0) is 10.4 Å². The average Bonchev–Trinajstić information content (AvgIpc) is 2.82. The van der Waals surface area contributed by atoms with Crippen molar-refractivity contribution < 1.29 is 14.7 Å². The number of rotatable bonds is 5. The molecule has 0 unspecified atom stereocenters. The van der Waals surface area contributed by atoms with Crippen LogP contribution >= 0.6 is 11.6 Å². The number of hydrogen-bond donors (Lipinski definition) is 1. The van der Waals surface area contributed by atoms with Gasteiger partial charge in [-0.25, -0.2) is 0 Å². The molecule has 2 amide bonds. The first kappa shape index (κ1) is 25.2. The molecule has 2 aromatic carbocycles. The Morgan fingerprint density at radius 3 is 2.28 bits per heavy atom. The molecule has 0 aromatic heterocycles. The van der Waals surface area contributed by atoms with Gasteiger partial charge in [-0.1, -0.05) is 48.0 Å². The number of aliphatic hydroxyl groups is 1. The standard InChI is InChI=1S/C29H36ClN3O3/c1-28(36,22-7-5-4-6-8-22)27(35)33-18-29(19-33)16-23(17-29)32-13-11-20(12-14-32)21-9-10-24(25(30)15-21)26(34)31(2)3/h4-10,15,20,23,36H,11-14,16-19H2,1-3H3/t28-/m0/s1. The van der Waals surface area contributed by atoms with E-state index in [-0.39, 0.29) is 17.2 Å². The third kappa shape index (κ3) is 4.55. The summed E-state index contributed by atoms with van der Waals surface area (Å²) in [4.78, 5) is 31.2. The molecule has 2 aliphatic heterocycles. The van der Waals surface area contributed by atoms with Crippen molar-refractivity contribution in [3.8, 4) is 0 Å². The Labute approximate surface area is 218 Å². The van der Waals surface area contributed by atoms with Gasteiger partial charge in [0.05, 0.1) is 10.6 Å². The Balaban J connectivity index is 1.10. The zero-order valence-corrected chi connectivity index (χ0v) is 22.2. The summed E-state index contributed by atoms with van der Waals surface area (Å²) in [5, 5.41) is 11.4. The van der Waals surface area contributed by atoms with E-state index in [0.29, 0.717) is 28.1 Å². The molecule has 6 nitrogen and oxygen atoms in total. The molecule has 192 valence electrons. The van der Waals surface area contributed by atoms with E-state index < -0.39 is 5.60 Å². The summed E-state index contributed by atoms with van der Waals surface area (Å²) in [6.07, 6.45) is 4.43. The zero-order chi connectivity index (χ0) is 25.7. The van der Waals surface area contributed by atoms with E-state index in [1.165, 1.54) is 5.56 Å². The molecule has 1 N–H and O–H groups in total. The van der Waals surface area contributed by atoms with E-state index in [4.69, 9.17) is 11.6 Å². The minimum Gasteiger partial charge on any atom is -0.376 e. The van der Waals surface area contributed by atoms with Gasteiger partial charge in [0.25, 0.3) is 11.8 Å². The second-order valence-electron chi connectivity index (χ2n) is 11.4. The molecule has 0 radical (unpaired) electrons. The second kappa shape index (κ2) is 9.47. The van der Waals surface area contributed by atoms with Crippen molar-refractivity contribution in [1.29, 1.82) is 0 Å². The molecule has 1 saturated carbocycles. The summed E-state index contributed by atoms with van der Waals surface area (Å²) in [6, 6.07) is 15.7. The quantitative estimate of drug-likeness (QED) is 0.658. The van der Waals surface area contributed by atoms with Gasteiger partial charge in [0, 0.05) is 38.6 Å². The smallest absolute Gasteiger partial charge is 0.258 e. The molecule has 3 aliphatic rings. The number of hydrogen-bond acceptors (Lipinski definition) is 4. The van der Waals surface area contributed by atoms with Crippen LogP contribution in [0.15, 0.2) is 48.5 Å². The predicted octanol–water partition coefficient (Wildman–Crippen LogP) is 4.12. The van der Waals surface area contributed by atoms with Crippen LogP contribution in [0.4, 0.5) is 0 Å². The van der Waals surface area contributed by atoms with Crippen molar-refractivity contribution in [3.63, 3.8) is 0 Å². The summed E-state index contributed by atoms with van der Waals surface area (Å²) in [6.45, 7) is 5.22. The van der Waals surface area contributed by atoms with Crippen LogP contribution in [0, 0.1) is 5.41 Å². The molecule has 2 heterocycles. The fourth-order valence-corrected chi connectivity index (χ4v) is 6.62. The minimum absolute atomic E-state index is 0.0692. The third-order valence-corrected chi connectivity index (χ3v) is 8.89. The Morgan fingerprint density at radius 1 is 1.06 bits per heavy atom. The summed E-state index contributed by atoms with van der Waals surface area (Å²) in [5.74, 6) is 0.203. The fourth-order valence-electron chi connectivity index (χ4n) is 6.35. The first-order valence-corrected chi connectivity index (χ1v) is 13.3. The minimum atomic E-state index is -1.48. The van der Waals surface area contributed by atoms with Crippen LogP contribution in [0.2, 0.25) is 5.02 Å². The molecular formula is C29H36ClN3O3. The highest BCUT2D eigenvalue weighted by Crippen LogP contribution is 2.51. The maximum absolute atomic E-state index is 13.0. The monoisotopic (exact) mass is 509 g/mol. The van der Waals surface area contributed by atoms with Crippen LogP contribution < -0.4 is 0 Å². The van der Waals surface area contributed by atoms with Crippen LogP contribution in [0.1, 0.15) is 60.0 Å². The highest BCUT2D eigenvalue weighted by molar-refractivity contribution is 6.33. The van der Waals surface area contributed by atoms with E-state index in [1.54, 1.807) is 25.9 Å². The lowest BCUT2D eigenvalue weighted by molar-refractivity contribution is -0.175. The van der Waals surface area contributed by atoms with Crippen LogP contribution in [0.25, 0.3) is 0 Å². The molecule has 2 saturated heterocycles. The molecule has 3 fully saturated rings. The lowest BCUT2D eigenvalue weighted by Crippen LogP contribution is -2.69. The van der Waals surface area contributed by atoms with Crippen molar-refractivity contribution in [2.24, 2.45) is 5.41 Å². The van der Waals surface area contributed by atoms with Crippen molar-refractivity contribution in [2.45, 2.75) is 50.2 Å². The van der Waals surface area contributed by atoms with E-state index in [0.717, 1.165) is 51.9 Å². The first-order chi connectivity index (χ1) is 17.1. The average molecular weight is 510 g/mol. The number of benzene rings is 2. The van der Waals surface area contributed by atoms with Crippen molar-refractivity contribution in [2.75, 3.05) is 40.3 Å². The molecule has 36 heavy (non-hydrogen) atoms. The summed E-state index contributed by atoms with van der Waals surface area (Å²) in [5.41, 5.74) is 1.17. The predicted molar refractivity (Wildman–Crippen MR) is 141 cm³/mol. The van der Waals surface area contributed by atoms with Crippen LogP contribution in [-0.4, -0.2) is 77.9 Å².